The number of nitrogens with zero attached hydrogens (tertiary/aromatic N) is 4. The van der Waals surface area contributed by atoms with Crippen LogP contribution in [-0.4, -0.2) is 52.6 Å². The van der Waals surface area contributed by atoms with Gasteiger partial charge < -0.3 is 14.2 Å². The van der Waals surface area contributed by atoms with Crippen LogP contribution in [0.1, 0.15) is 40.9 Å². The molecule has 1 fully saturated rings. The van der Waals surface area contributed by atoms with Crippen molar-refractivity contribution in [2.45, 2.75) is 32.2 Å². The van der Waals surface area contributed by atoms with Gasteiger partial charge in [-0.05, 0) is 25.1 Å². The summed E-state index contributed by atoms with van der Waals surface area (Å²) in [4.78, 5) is 17.3. The van der Waals surface area contributed by atoms with Gasteiger partial charge in [0.1, 0.15) is 0 Å². The highest BCUT2D eigenvalue weighted by Gasteiger charge is 2.30. The van der Waals surface area contributed by atoms with Crippen LogP contribution in [0.5, 0.6) is 0 Å². The Kier molecular flexibility index (Phi) is 6.23. The van der Waals surface area contributed by atoms with E-state index in [0.29, 0.717) is 31.0 Å². The number of amides is 1. The molecule has 156 valence electrons. The van der Waals surface area contributed by atoms with Gasteiger partial charge in [0.25, 0.3) is 0 Å². The van der Waals surface area contributed by atoms with E-state index >= 15 is 0 Å². The third-order valence-corrected chi connectivity index (χ3v) is 5.59. The summed E-state index contributed by atoms with van der Waals surface area (Å²) in [6.07, 6.45) is 1.45. The van der Waals surface area contributed by atoms with Crippen LogP contribution in [0.25, 0.3) is 0 Å². The minimum absolute atomic E-state index is 0.0806. The number of hydrogen-bond donors (Lipinski definition) is 0. The maximum Gasteiger partial charge on any atom is 0.223 e. The molecule has 1 aliphatic rings. The topological polar surface area (TPSA) is 62.5 Å². The lowest BCUT2D eigenvalue weighted by molar-refractivity contribution is -0.136. The quantitative estimate of drug-likeness (QED) is 0.630. The molecule has 0 spiro atoms. The molecule has 30 heavy (non-hydrogen) atoms. The predicted octanol–water partition coefficient (Wildman–Crippen LogP) is 3.42. The van der Waals surface area contributed by atoms with Crippen LogP contribution in [-0.2, 0) is 17.6 Å². The first-order valence-electron chi connectivity index (χ1n) is 10.5. The monoisotopic (exact) mass is 404 g/mol. The second-order valence-electron chi connectivity index (χ2n) is 8.03. The lowest BCUT2D eigenvalue weighted by Gasteiger charge is -2.40. The van der Waals surface area contributed by atoms with Gasteiger partial charge in [0.15, 0.2) is 0 Å². The second-order valence-corrected chi connectivity index (χ2v) is 8.03. The molecule has 0 bridgehead atoms. The van der Waals surface area contributed by atoms with Crippen LogP contribution in [0.2, 0.25) is 0 Å². The highest BCUT2D eigenvalue weighted by atomic mass is 16.4. The van der Waals surface area contributed by atoms with Gasteiger partial charge >= 0.3 is 0 Å². The molecule has 1 saturated heterocycles. The number of carbonyl (C=O) groups excluding carboxylic acids is 1. The Morgan fingerprint density at radius 1 is 1.07 bits per heavy atom. The molecule has 1 atom stereocenters. The van der Waals surface area contributed by atoms with E-state index in [-0.39, 0.29) is 11.9 Å². The lowest BCUT2D eigenvalue weighted by atomic mass is 10.0. The molecule has 0 aliphatic carbocycles. The third kappa shape index (κ3) is 4.94. The van der Waals surface area contributed by atoms with Gasteiger partial charge in [-0.2, -0.15) is 0 Å². The van der Waals surface area contributed by atoms with E-state index in [2.05, 4.69) is 59.4 Å². The van der Waals surface area contributed by atoms with Gasteiger partial charge in [0.2, 0.25) is 17.7 Å². The fourth-order valence-electron chi connectivity index (χ4n) is 3.99. The molecule has 0 unspecified atom stereocenters. The summed E-state index contributed by atoms with van der Waals surface area (Å²) < 4.78 is 5.79. The van der Waals surface area contributed by atoms with Crippen molar-refractivity contribution < 1.29 is 9.21 Å². The number of benzene rings is 2. The first-order valence-corrected chi connectivity index (χ1v) is 10.5. The zero-order valence-corrected chi connectivity index (χ0v) is 17.6. The molecule has 6 nitrogen and oxygen atoms in total. The van der Waals surface area contributed by atoms with Crippen molar-refractivity contribution in [1.29, 1.82) is 0 Å². The first kappa shape index (κ1) is 20.3. The molecule has 0 saturated carbocycles. The molecule has 3 aromatic rings. The molecular weight excluding hydrogens is 376 g/mol. The Bertz CT molecular complexity index is 986. The summed E-state index contributed by atoms with van der Waals surface area (Å²) in [5, 5.41) is 8.30. The number of carbonyl (C=O) groups is 1. The van der Waals surface area contributed by atoms with Crippen LogP contribution in [0, 0.1) is 6.92 Å². The summed E-state index contributed by atoms with van der Waals surface area (Å²) in [6, 6.07) is 18.6. The number of piperazine rings is 1. The average Bonchev–Trinajstić information content (AvgIpc) is 3.20. The Labute approximate surface area is 177 Å². The molecule has 1 aromatic heterocycles. The molecular formula is C24H28N4O2. The van der Waals surface area contributed by atoms with Crippen LogP contribution in [0.15, 0.2) is 59.0 Å². The summed E-state index contributed by atoms with van der Waals surface area (Å²) >= 11 is 0. The number of aryl methyl sites for hydroxylation is 2. The molecule has 1 aliphatic heterocycles. The molecule has 2 aromatic carbocycles. The molecule has 1 amide bonds. The van der Waals surface area contributed by atoms with Crippen molar-refractivity contribution in [3.8, 4) is 0 Å². The normalized spacial score (nSPS) is 17.3. The van der Waals surface area contributed by atoms with E-state index in [1.165, 1.54) is 11.1 Å². The molecule has 4 rings (SSSR count). The third-order valence-electron chi connectivity index (χ3n) is 5.59. The highest BCUT2D eigenvalue weighted by Crippen LogP contribution is 2.25. The zero-order chi connectivity index (χ0) is 20.9. The SMILES string of the molecule is Cc1cccc(Cc2nnc(CCC(=O)N3CCN(C)C[C@@H]3c3ccccc3)o2)c1. The van der Waals surface area contributed by atoms with Crippen LogP contribution in [0.4, 0.5) is 0 Å². The van der Waals surface area contributed by atoms with Crippen molar-refractivity contribution in [2.24, 2.45) is 0 Å². The van der Waals surface area contributed by atoms with E-state index < -0.39 is 0 Å². The predicted molar refractivity (Wildman–Crippen MR) is 115 cm³/mol. The Balaban J connectivity index is 1.37. The smallest absolute Gasteiger partial charge is 0.223 e. The van der Waals surface area contributed by atoms with Crippen molar-refractivity contribution in [1.82, 2.24) is 20.0 Å². The van der Waals surface area contributed by atoms with E-state index in [9.17, 15) is 4.79 Å². The van der Waals surface area contributed by atoms with Crippen molar-refractivity contribution in [2.75, 3.05) is 26.7 Å². The van der Waals surface area contributed by atoms with Crippen LogP contribution in [0.3, 0.4) is 0 Å². The molecule has 2 heterocycles. The summed E-state index contributed by atoms with van der Waals surface area (Å²) in [7, 11) is 2.10. The lowest BCUT2D eigenvalue weighted by Crippen LogP contribution is -2.49. The van der Waals surface area contributed by atoms with Gasteiger partial charge in [0.05, 0.1) is 12.5 Å². The number of hydrogen-bond acceptors (Lipinski definition) is 5. The van der Waals surface area contributed by atoms with Gasteiger partial charge in [-0.15, -0.1) is 10.2 Å². The largest absolute Gasteiger partial charge is 0.425 e. The molecule has 6 heteroatoms. The Hall–Kier alpha value is -2.99. The number of aromatic nitrogens is 2. The van der Waals surface area contributed by atoms with Gasteiger partial charge in [-0.1, -0.05) is 60.2 Å². The van der Waals surface area contributed by atoms with Gasteiger partial charge in [0, 0.05) is 32.5 Å². The van der Waals surface area contributed by atoms with E-state index in [1.807, 2.05) is 29.2 Å². The fraction of sp³-hybridized carbons (Fsp3) is 0.375. The minimum Gasteiger partial charge on any atom is -0.425 e. The zero-order valence-electron chi connectivity index (χ0n) is 17.6. The van der Waals surface area contributed by atoms with Crippen molar-refractivity contribution >= 4 is 5.91 Å². The maximum atomic E-state index is 13.0. The summed E-state index contributed by atoms with van der Waals surface area (Å²) in [5.74, 6) is 1.25. The van der Waals surface area contributed by atoms with Gasteiger partial charge in [-0.3, -0.25) is 4.79 Å². The molecule has 0 radical (unpaired) electrons. The highest BCUT2D eigenvalue weighted by molar-refractivity contribution is 5.77. The summed E-state index contributed by atoms with van der Waals surface area (Å²) in [6.45, 7) is 4.53. The minimum atomic E-state index is 0.0806. The number of rotatable bonds is 6. The standard InChI is InChI=1S/C24H28N4O2/c1-18-7-6-8-19(15-18)16-23-26-25-22(30-23)11-12-24(29)28-14-13-27(2)17-21(28)20-9-4-3-5-10-20/h3-10,15,21H,11-14,16-17H2,1-2H3/t21-/m1/s1. The van der Waals surface area contributed by atoms with E-state index in [0.717, 1.165) is 25.2 Å². The summed E-state index contributed by atoms with van der Waals surface area (Å²) in [5.41, 5.74) is 3.53. The van der Waals surface area contributed by atoms with Crippen molar-refractivity contribution in [3.05, 3.63) is 83.1 Å². The van der Waals surface area contributed by atoms with Crippen LogP contribution < -0.4 is 0 Å². The average molecular weight is 405 g/mol. The Morgan fingerprint density at radius 3 is 2.67 bits per heavy atom. The van der Waals surface area contributed by atoms with Crippen LogP contribution >= 0.6 is 0 Å². The van der Waals surface area contributed by atoms with E-state index in [1.54, 1.807) is 0 Å². The number of likely N-dealkylation sites (N-methyl/N-ethyl adjacent to an activating group) is 1. The van der Waals surface area contributed by atoms with Crippen molar-refractivity contribution in [3.63, 3.8) is 0 Å². The van der Waals surface area contributed by atoms with E-state index in [4.69, 9.17) is 4.42 Å². The maximum absolute atomic E-state index is 13.0. The molecule has 0 N–H and O–H groups in total. The van der Waals surface area contributed by atoms with Gasteiger partial charge in [-0.25, -0.2) is 0 Å². The fourth-order valence-corrected chi connectivity index (χ4v) is 3.99. The second kappa shape index (κ2) is 9.22. The Morgan fingerprint density at radius 2 is 1.87 bits per heavy atom. The first-order chi connectivity index (χ1) is 14.6.